The van der Waals surface area contributed by atoms with E-state index in [1.54, 1.807) is 0 Å². The van der Waals surface area contributed by atoms with E-state index in [4.69, 9.17) is 9.15 Å². The predicted molar refractivity (Wildman–Crippen MR) is 198 cm³/mol. The Kier molecular flexibility index (Phi) is 9.47. The molecular formula is C38H38O2Si4. The molecule has 0 aromatic heterocycles. The number of rotatable bonds is 11. The molecule has 0 saturated carbocycles. The van der Waals surface area contributed by atoms with Crippen molar-refractivity contribution in [3.8, 4) is 0 Å². The summed E-state index contributed by atoms with van der Waals surface area (Å²) in [5.41, 5.74) is 0. The van der Waals surface area contributed by atoms with Gasteiger partial charge in [-0.05, 0) is 31.1 Å². The normalized spacial score (nSPS) is 12.3. The van der Waals surface area contributed by atoms with E-state index in [9.17, 15) is 0 Å². The molecule has 0 aliphatic rings. The Morgan fingerprint density at radius 1 is 0.341 bits per heavy atom. The summed E-state index contributed by atoms with van der Waals surface area (Å²) in [5, 5.41) is 10.1. The summed E-state index contributed by atoms with van der Waals surface area (Å²) in [6.45, 7) is 4.73. The predicted octanol–water partition coefficient (Wildman–Crippen LogP) is 1.95. The van der Waals surface area contributed by atoms with Gasteiger partial charge in [-0.3, -0.25) is 9.15 Å². The zero-order valence-corrected chi connectivity index (χ0v) is 30.2. The summed E-state index contributed by atoms with van der Waals surface area (Å²) in [6.07, 6.45) is 0. The quantitative estimate of drug-likeness (QED) is 0.0936. The van der Waals surface area contributed by atoms with E-state index in [-0.39, 0.29) is 0 Å². The van der Waals surface area contributed by atoms with Gasteiger partial charge < -0.3 is 0 Å². The second-order valence-electron chi connectivity index (χ2n) is 11.0. The summed E-state index contributed by atoms with van der Waals surface area (Å²) in [6, 6.07) is 61.1. The van der Waals surface area contributed by atoms with Crippen LogP contribution in [0.25, 0.3) is 0 Å². The second kappa shape index (κ2) is 13.8. The lowest BCUT2D eigenvalue weighted by Gasteiger charge is -2.39. The zero-order valence-electron chi connectivity index (χ0n) is 25.4. The first-order chi connectivity index (χ1) is 21.7. The van der Waals surface area contributed by atoms with Crippen molar-refractivity contribution in [2.45, 2.75) is 13.1 Å². The highest BCUT2D eigenvalue weighted by Gasteiger charge is 2.51. The number of hydrogen-bond donors (Lipinski definition) is 0. The van der Waals surface area contributed by atoms with Gasteiger partial charge in [-0.15, -0.1) is 0 Å². The SMILES string of the molecule is C[SiH2]c1ccccc1[Si](OO[Si](c1ccccc1)(c1ccccc1)c1ccccc1[SiH2]C)(c1ccccc1)c1ccccc1. The molecule has 0 unspecified atom stereocenters. The molecular weight excluding hydrogens is 601 g/mol. The van der Waals surface area contributed by atoms with Crippen molar-refractivity contribution in [2.24, 2.45) is 0 Å². The molecule has 44 heavy (non-hydrogen) atoms. The topological polar surface area (TPSA) is 18.5 Å². The minimum absolute atomic E-state index is 0.525. The average molecular weight is 639 g/mol. The number of benzene rings is 6. The van der Waals surface area contributed by atoms with Gasteiger partial charge >= 0.3 is 16.6 Å². The van der Waals surface area contributed by atoms with Crippen LogP contribution < -0.4 is 41.5 Å². The Hall–Kier alpha value is -3.89. The summed E-state index contributed by atoms with van der Waals surface area (Å²) in [7, 11) is -7.38. The molecule has 0 bridgehead atoms. The van der Waals surface area contributed by atoms with Crippen molar-refractivity contribution in [2.75, 3.05) is 0 Å². The molecule has 6 heteroatoms. The van der Waals surface area contributed by atoms with E-state index in [0.29, 0.717) is 0 Å². The van der Waals surface area contributed by atoms with E-state index in [1.807, 2.05) is 0 Å². The van der Waals surface area contributed by atoms with Crippen molar-refractivity contribution in [3.05, 3.63) is 170 Å². The Morgan fingerprint density at radius 2 is 0.591 bits per heavy atom. The van der Waals surface area contributed by atoms with Gasteiger partial charge in [-0.25, -0.2) is 0 Å². The summed E-state index contributed by atoms with van der Waals surface area (Å²) >= 11 is 0. The van der Waals surface area contributed by atoms with Gasteiger partial charge in [0.25, 0.3) is 0 Å². The number of hydrogen-bond acceptors (Lipinski definition) is 2. The Labute approximate surface area is 268 Å². The van der Waals surface area contributed by atoms with Gasteiger partial charge in [0.1, 0.15) is 0 Å². The lowest BCUT2D eigenvalue weighted by Crippen LogP contribution is -2.77. The minimum atomic E-state index is -3.17. The lowest BCUT2D eigenvalue weighted by atomic mass is 10.3. The Bertz CT molecular complexity index is 1570. The highest BCUT2D eigenvalue weighted by atomic mass is 28.4. The van der Waals surface area contributed by atoms with Crippen LogP contribution in [-0.2, 0) is 9.15 Å². The van der Waals surface area contributed by atoms with Crippen LogP contribution in [0.15, 0.2) is 170 Å². The van der Waals surface area contributed by atoms with E-state index < -0.39 is 35.7 Å². The van der Waals surface area contributed by atoms with Crippen molar-refractivity contribution in [1.82, 2.24) is 0 Å². The zero-order chi connectivity index (χ0) is 30.2. The van der Waals surface area contributed by atoms with Crippen molar-refractivity contribution < 1.29 is 9.15 Å². The molecule has 6 aromatic carbocycles. The van der Waals surface area contributed by atoms with E-state index in [1.165, 1.54) is 41.5 Å². The summed E-state index contributed by atoms with van der Waals surface area (Å²) < 4.78 is 15.0. The first kappa shape index (κ1) is 30.1. The molecule has 0 radical (unpaired) electrons. The molecule has 0 amide bonds. The van der Waals surface area contributed by atoms with Crippen LogP contribution in [0.2, 0.25) is 13.1 Å². The first-order valence-electron chi connectivity index (χ1n) is 15.5. The minimum Gasteiger partial charge on any atom is -0.279 e. The molecule has 0 spiro atoms. The van der Waals surface area contributed by atoms with Crippen LogP contribution in [0.3, 0.4) is 0 Å². The first-order valence-corrected chi connectivity index (χ1v) is 23.6. The van der Waals surface area contributed by atoms with Gasteiger partial charge in [0.15, 0.2) is 0 Å². The van der Waals surface area contributed by atoms with Crippen molar-refractivity contribution in [3.63, 3.8) is 0 Å². The van der Waals surface area contributed by atoms with Gasteiger partial charge in [0.05, 0.1) is 19.0 Å². The van der Waals surface area contributed by atoms with E-state index >= 15 is 0 Å². The highest BCUT2D eigenvalue weighted by molar-refractivity contribution is 7.11. The largest absolute Gasteiger partial charge is 0.329 e. The molecule has 6 rings (SSSR count). The molecule has 0 fully saturated rings. The molecule has 0 aliphatic heterocycles. The fourth-order valence-electron chi connectivity index (χ4n) is 6.40. The molecule has 0 aliphatic carbocycles. The van der Waals surface area contributed by atoms with E-state index in [0.717, 1.165) is 0 Å². The monoisotopic (exact) mass is 638 g/mol. The lowest BCUT2D eigenvalue weighted by molar-refractivity contribution is -0.112. The maximum atomic E-state index is 7.50. The maximum absolute atomic E-state index is 7.50. The molecule has 0 N–H and O–H groups in total. The molecule has 0 heterocycles. The third-order valence-electron chi connectivity index (χ3n) is 8.57. The molecule has 0 atom stereocenters. The van der Waals surface area contributed by atoms with Gasteiger partial charge in [0.2, 0.25) is 0 Å². The third-order valence-corrected chi connectivity index (χ3v) is 19.9. The van der Waals surface area contributed by atoms with Crippen LogP contribution in [0.1, 0.15) is 0 Å². The van der Waals surface area contributed by atoms with Crippen LogP contribution >= 0.6 is 0 Å². The van der Waals surface area contributed by atoms with Crippen LogP contribution in [0.4, 0.5) is 0 Å². The average Bonchev–Trinajstić information content (AvgIpc) is 3.12. The standard InChI is InChI=1S/C38H38O2Si4/c1-41-35-27-15-17-29-37(35)43(31-19-7-3-8-20-31,32-21-9-4-10-22-32)39-40-44(33-23-11-5-12-24-33,34-25-13-6-14-26-34)38-30-18-16-28-36(38)42-2/h3-30H,41-42H2,1-2H3. The summed E-state index contributed by atoms with van der Waals surface area (Å²) in [4.78, 5) is 0. The molecule has 0 saturated heterocycles. The highest BCUT2D eigenvalue weighted by Crippen LogP contribution is 2.16. The van der Waals surface area contributed by atoms with Crippen LogP contribution in [0, 0.1) is 0 Å². The van der Waals surface area contributed by atoms with Gasteiger partial charge in [-0.1, -0.05) is 193 Å². The van der Waals surface area contributed by atoms with Crippen molar-refractivity contribution >= 4 is 77.2 Å². The van der Waals surface area contributed by atoms with E-state index in [2.05, 4.69) is 183 Å². The molecule has 218 valence electrons. The molecule has 6 aromatic rings. The van der Waals surface area contributed by atoms with Crippen LogP contribution in [-0.4, -0.2) is 35.7 Å². The summed E-state index contributed by atoms with van der Waals surface area (Å²) in [5.74, 6) is 0. The Morgan fingerprint density at radius 3 is 0.864 bits per heavy atom. The van der Waals surface area contributed by atoms with Crippen molar-refractivity contribution in [1.29, 1.82) is 0 Å². The van der Waals surface area contributed by atoms with Crippen LogP contribution in [0.5, 0.6) is 0 Å². The van der Waals surface area contributed by atoms with Gasteiger partial charge in [-0.2, -0.15) is 0 Å². The smallest absolute Gasteiger partial charge is 0.279 e. The third kappa shape index (κ3) is 5.56. The fourth-order valence-corrected chi connectivity index (χ4v) is 18.5. The fraction of sp³-hybridized carbons (Fsp3) is 0.0526. The second-order valence-corrected chi connectivity index (χ2v) is 20.4. The Balaban J connectivity index is 1.68. The molecule has 2 nitrogen and oxygen atoms in total. The van der Waals surface area contributed by atoms with Gasteiger partial charge in [0, 0.05) is 0 Å². The maximum Gasteiger partial charge on any atom is 0.329 e.